The molecule has 0 spiro atoms. The summed E-state index contributed by atoms with van der Waals surface area (Å²) in [4.78, 5) is 28.7. The summed E-state index contributed by atoms with van der Waals surface area (Å²) in [6.45, 7) is 2.52. The molecule has 0 bridgehead atoms. The van der Waals surface area contributed by atoms with Crippen molar-refractivity contribution in [3.8, 4) is 11.4 Å². The predicted molar refractivity (Wildman–Crippen MR) is 148 cm³/mol. The molecule has 37 heavy (non-hydrogen) atoms. The van der Waals surface area contributed by atoms with Gasteiger partial charge in [-0.2, -0.15) is 0 Å². The number of thiophene rings is 1. The van der Waals surface area contributed by atoms with Crippen molar-refractivity contribution in [2.75, 3.05) is 17.7 Å². The summed E-state index contributed by atoms with van der Waals surface area (Å²) in [5.41, 5.74) is 2.53. The van der Waals surface area contributed by atoms with Gasteiger partial charge >= 0.3 is 0 Å². The highest BCUT2D eigenvalue weighted by Gasteiger charge is 2.25. The van der Waals surface area contributed by atoms with Crippen LogP contribution in [0.1, 0.15) is 30.2 Å². The molecule has 6 rings (SSSR count). The Bertz CT molecular complexity index is 1660. The summed E-state index contributed by atoms with van der Waals surface area (Å²) < 4.78 is 9.05. The third kappa shape index (κ3) is 4.40. The molecule has 3 heterocycles. The minimum Gasteiger partial charge on any atom is -0.494 e. The number of benzene rings is 2. The molecule has 0 aliphatic heterocycles. The van der Waals surface area contributed by atoms with Gasteiger partial charge in [-0.05, 0) is 74.6 Å². The van der Waals surface area contributed by atoms with Crippen molar-refractivity contribution in [1.29, 1.82) is 0 Å². The topological polar surface area (TPSA) is 90.5 Å². The lowest BCUT2D eigenvalue weighted by atomic mass is 9.97. The van der Waals surface area contributed by atoms with Gasteiger partial charge in [-0.15, -0.1) is 21.5 Å². The fraction of sp³-hybridized carbons (Fsp3) is 0.259. The van der Waals surface area contributed by atoms with E-state index >= 15 is 0 Å². The number of hydrogen-bond donors (Lipinski definition) is 1. The standard InChI is InChI=1S/C27H25N5O3S2/c1-2-35-19-14-12-17(13-15-19)28-22(33)16-36-27-30-29-26-31(18-8-4-3-5-9-18)24(34)23-20-10-6-7-11-21(20)37-25(23)32(26)27/h3-5,8-9,12-15H,2,6-7,10-11,16H2,1H3,(H,28,33). The Kier molecular flexibility index (Phi) is 6.43. The molecule has 1 aliphatic rings. The Morgan fingerprint density at radius 2 is 1.86 bits per heavy atom. The van der Waals surface area contributed by atoms with E-state index in [9.17, 15) is 9.59 Å². The van der Waals surface area contributed by atoms with Gasteiger partial charge in [-0.3, -0.25) is 9.59 Å². The zero-order valence-corrected chi connectivity index (χ0v) is 21.9. The molecule has 2 aromatic carbocycles. The maximum absolute atomic E-state index is 13.8. The lowest BCUT2D eigenvalue weighted by Crippen LogP contribution is -2.22. The van der Waals surface area contributed by atoms with Gasteiger partial charge in [-0.25, -0.2) is 8.97 Å². The number of amides is 1. The first-order valence-corrected chi connectivity index (χ1v) is 14.1. The molecule has 3 aromatic heterocycles. The van der Waals surface area contributed by atoms with Crippen LogP contribution in [-0.2, 0) is 17.6 Å². The Hall–Kier alpha value is -3.63. The second-order valence-electron chi connectivity index (χ2n) is 8.78. The average molecular weight is 532 g/mol. The molecule has 1 aliphatic carbocycles. The molecular weight excluding hydrogens is 506 g/mol. The Labute approximate surface area is 221 Å². The molecule has 0 unspecified atom stereocenters. The molecule has 0 radical (unpaired) electrons. The van der Waals surface area contributed by atoms with Crippen molar-refractivity contribution >= 4 is 50.7 Å². The number of nitrogens with one attached hydrogen (secondary N) is 1. The molecule has 1 N–H and O–H groups in total. The van der Waals surface area contributed by atoms with Crippen molar-refractivity contribution < 1.29 is 9.53 Å². The first-order chi connectivity index (χ1) is 18.1. The van der Waals surface area contributed by atoms with E-state index in [4.69, 9.17) is 4.74 Å². The van der Waals surface area contributed by atoms with Gasteiger partial charge < -0.3 is 10.1 Å². The van der Waals surface area contributed by atoms with Crippen LogP contribution in [0.25, 0.3) is 21.7 Å². The van der Waals surface area contributed by atoms with Crippen LogP contribution in [0.4, 0.5) is 5.69 Å². The molecule has 188 valence electrons. The number of carbonyl (C=O) groups excluding carboxylic acids is 1. The highest BCUT2D eigenvalue weighted by atomic mass is 32.2. The highest BCUT2D eigenvalue weighted by Crippen LogP contribution is 2.36. The fourth-order valence-electron chi connectivity index (χ4n) is 4.75. The molecule has 5 aromatic rings. The van der Waals surface area contributed by atoms with Gasteiger partial charge in [0.1, 0.15) is 10.6 Å². The van der Waals surface area contributed by atoms with Crippen LogP contribution in [0, 0.1) is 0 Å². The van der Waals surface area contributed by atoms with E-state index in [1.807, 2.05) is 65.9 Å². The van der Waals surface area contributed by atoms with Crippen LogP contribution in [0.3, 0.4) is 0 Å². The van der Waals surface area contributed by atoms with E-state index in [2.05, 4.69) is 15.5 Å². The van der Waals surface area contributed by atoms with Gasteiger partial charge in [-0.1, -0.05) is 30.0 Å². The van der Waals surface area contributed by atoms with E-state index in [0.29, 0.717) is 23.2 Å². The molecule has 0 fully saturated rings. The maximum Gasteiger partial charge on any atom is 0.268 e. The number of carbonyl (C=O) groups is 1. The van der Waals surface area contributed by atoms with E-state index in [0.717, 1.165) is 52.9 Å². The number of anilines is 1. The first-order valence-electron chi connectivity index (χ1n) is 12.3. The number of aryl methyl sites for hydroxylation is 2. The zero-order chi connectivity index (χ0) is 25.4. The van der Waals surface area contributed by atoms with Gasteiger partial charge in [0.2, 0.25) is 11.7 Å². The SMILES string of the molecule is CCOc1ccc(NC(=O)CSc2nnc3n(-c4ccccc4)c(=O)c4c5c(sc4n23)CCCC5)cc1. The fourth-order valence-corrected chi connectivity index (χ4v) is 6.92. The van der Waals surface area contributed by atoms with Crippen molar-refractivity contribution in [1.82, 2.24) is 19.2 Å². The van der Waals surface area contributed by atoms with E-state index < -0.39 is 0 Å². The minimum absolute atomic E-state index is 0.0645. The molecule has 1 amide bonds. The predicted octanol–water partition coefficient (Wildman–Crippen LogP) is 5.10. The van der Waals surface area contributed by atoms with E-state index in [1.165, 1.54) is 16.6 Å². The molecule has 0 atom stereocenters. The lowest BCUT2D eigenvalue weighted by molar-refractivity contribution is -0.113. The van der Waals surface area contributed by atoms with Crippen LogP contribution in [-0.4, -0.2) is 37.4 Å². The molecular formula is C27H25N5O3S2. The third-order valence-corrected chi connectivity index (χ3v) is 8.59. The number of para-hydroxylation sites is 1. The summed E-state index contributed by atoms with van der Waals surface area (Å²) in [6.07, 6.45) is 4.10. The Morgan fingerprint density at radius 1 is 1.08 bits per heavy atom. The lowest BCUT2D eigenvalue weighted by Gasteiger charge is -2.12. The van der Waals surface area contributed by atoms with Crippen LogP contribution < -0.4 is 15.6 Å². The number of aromatic nitrogens is 4. The highest BCUT2D eigenvalue weighted by molar-refractivity contribution is 7.99. The number of ether oxygens (including phenoxy) is 1. The van der Waals surface area contributed by atoms with Gasteiger partial charge in [0, 0.05) is 10.6 Å². The summed E-state index contributed by atoms with van der Waals surface area (Å²) >= 11 is 2.96. The largest absolute Gasteiger partial charge is 0.494 e. The number of fused-ring (bicyclic) bond motifs is 5. The van der Waals surface area contributed by atoms with Crippen molar-refractivity contribution in [3.05, 3.63) is 75.4 Å². The van der Waals surface area contributed by atoms with E-state index in [1.54, 1.807) is 15.9 Å². The average Bonchev–Trinajstić information content (AvgIpc) is 3.51. The van der Waals surface area contributed by atoms with Crippen LogP contribution >= 0.6 is 23.1 Å². The van der Waals surface area contributed by atoms with Crippen molar-refractivity contribution in [2.24, 2.45) is 0 Å². The number of thioether (sulfide) groups is 1. The second kappa shape index (κ2) is 10.0. The Morgan fingerprint density at radius 3 is 2.65 bits per heavy atom. The molecule has 0 saturated heterocycles. The summed E-state index contributed by atoms with van der Waals surface area (Å²) in [7, 11) is 0. The minimum atomic E-state index is -0.149. The Balaban J connectivity index is 1.37. The molecule has 10 heteroatoms. The normalized spacial score (nSPS) is 13.1. The smallest absolute Gasteiger partial charge is 0.268 e. The summed E-state index contributed by atoms with van der Waals surface area (Å²) in [5.74, 6) is 1.23. The van der Waals surface area contributed by atoms with Crippen LogP contribution in [0.5, 0.6) is 5.75 Å². The summed E-state index contributed by atoms with van der Waals surface area (Å²) in [6, 6.07) is 16.8. The quantitative estimate of drug-likeness (QED) is 0.294. The van der Waals surface area contributed by atoms with Crippen molar-refractivity contribution in [2.45, 2.75) is 37.8 Å². The number of rotatable bonds is 7. The van der Waals surface area contributed by atoms with Gasteiger partial charge in [0.15, 0.2) is 5.16 Å². The van der Waals surface area contributed by atoms with Crippen LogP contribution in [0.15, 0.2) is 64.5 Å². The number of nitrogens with zero attached hydrogens (tertiary/aromatic N) is 4. The summed E-state index contributed by atoms with van der Waals surface area (Å²) in [5, 5.41) is 13.1. The second-order valence-corrected chi connectivity index (χ2v) is 10.8. The third-order valence-electron chi connectivity index (χ3n) is 6.38. The van der Waals surface area contributed by atoms with Gasteiger partial charge in [0.05, 0.1) is 23.4 Å². The monoisotopic (exact) mass is 531 g/mol. The van der Waals surface area contributed by atoms with Gasteiger partial charge in [0.25, 0.3) is 5.56 Å². The zero-order valence-electron chi connectivity index (χ0n) is 20.3. The van der Waals surface area contributed by atoms with Crippen LogP contribution in [0.2, 0.25) is 0 Å². The maximum atomic E-state index is 13.8. The van der Waals surface area contributed by atoms with Crippen molar-refractivity contribution in [3.63, 3.8) is 0 Å². The molecule has 8 nitrogen and oxygen atoms in total. The first kappa shape index (κ1) is 23.7. The number of hydrogen-bond acceptors (Lipinski definition) is 7. The molecule has 0 saturated carbocycles. The van der Waals surface area contributed by atoms with E-state index in [-0.39, 0.29) is 17.2 Å².